The third kappa shape index (κ3) is 10.8. The summed E-state index contributed by atoms with van der Waals surface area (Å²) in [6.45, 7) is 15.4. The maximum atomic E-state index is 12.3. The highest BCUT2D eigenvalue weighted by atomic mass is 32.2. The summed E-state index contributed by atoms with van der Waals surface area (Å²) in [4.78, 5) is 50.9. The number of imide groups is 2. The number of carbonyl (C=O) groups is 4. The fraction of sp³-hybridized carbons (Fsp3) is 0.429. The van der Waals surface area contributed by atoms with Gasteiger partial charge >= 0.3 is 0 Å². The summed E-state index contributed by atoms with van der Waals surface area (Å²) in [7, 11) is 0. The molecule has 2 unspecified atom stereocenters. The van der Waals surface area contributed by atoms with Crippen molar-refractivity contribution in [2.45, 2.75) is 84.1 Å². The molecule has 0 aliphatic carbocycles. The van der Waals surface area contributed by atoms with Gasteiger partial charge in [0.1, 0.15) is 0 Å². The minimum Gasteiger partial charge on any atom is -0.478 e. The molecule has 0 spiro atoms. The monoisotopic (exact) mass is 654 g/mol. The molecule has 10 heteroatoms. The zero-order chi connectivity index (χ0) is 32.2. The highest BCUT2D eigenvalue weighted by molar-refractivity contribution is 8.15. The third-order valence-corrected chi connectivity index (χ3v) is 9.45. The van der Waals surface area contributed by atoms with Gasteiger partial charge in [-0.3, -0.25) is 19.2 Å². The van der Waals surface area contributed by atoms with Crippen molar-refractivity contribution in [3.63, 3.8) is 0 Å². The van der Waals surface area contributed by atoms with Crippen molar-refractivity contribution in [3.05, 3.63) is 95.5 Å². The predicted octanol–water partition coefficient (Wildman–Crippen LogP) is 8.14. The predicted molar refractivity (Wildman–Crippen MR) is 184 cm³/mol. The lowest BCUT2D eigenvalue weighted by Crippen LogP contribution is -2.34. The van der Waals surface area contributed by atoms with Crippen molar-refractivity contribution in [1.82, 2.24) is 9.80 Å². The van der Waals surface area contributed by atoms with Gasteiger partial charge in [-0.1, -0.05) is 120 Å². The van der Waals surface area contributed by atoms with Gasteiger partial charge in [0.15, 0.2) is 13.5 Å². The second-order valence-electron chi connectivity index (χ2n) is 10.4. The van der Waals surface area contributed by atoms with Crippen molar-refractivity contribution in [1.29, 1.82) is 0 Å². The summed E-state index contributed by atoms with van der Waals surface area (Å²) in [5.41, 5.74) is 4.66. The van der Waals surface area contributed by atoms with Crippen molar-refractivity contribution in [3.8, 4) is 0 Å². The smallest absolute Gasteiger partial charge is 0.291 e. The summed E-state index contributed by atoms with van der Waals surface area (Å²) in [6.07, 6.45) is 4.42. The van der Waals surface area contributed by atoms with Crippen LogP contribution in [-0.4, -0.2) is 56.1 Å². The fourth-order valence-corrected chi connectivity index (χ4v) is 6.29. The molecule has 45 heavy (non-hydrogen) atoms. The van der Waals surface area contributed by atoms with Crippen LogP contribution in [0.25, 0.3) is 0 Å². The molecule has 2 heterocycles. The SMILES string of the molecule is C.C=C(CC)OCN1C(=O)SC(Cc2ccc(CC)cc2)C1=O.C=C(CC)OCN1C(=O)SC(Cc2ccc(CC)cc2)C1=O. The molecule has 4 amide bonds. The first-order chi connectivity index (χ1) is 21.1. The molecule has 2 aromatic rings. The van der Waals surface area contributed by atoms with Gasteiger partial charge in [-0.2, -0.15) is 0 Å². The van der Waals surface area contributed by atoms with Crippen LogP contribution in [0.15, 0.2) is 73.2 Å². The Morgan fingerprint density at radius 2 is 0.933 bits per heavy atom. The molecule has 0 radical (unpaired) electrons. The molecule has 0 N–H and O–H groups in total. The quantitative estimate of drug-likeness (QED) is 0.189. The summed E-state index contributed by atoms with van der Waals surface area (Å²) < 4.78 is 10.6. The molecular weight excluding hydrogens is 609 g/mol. The van der Waals surface area contributed by atoms with E-state index in [-0.39, 0.29) is 53.7 Å². The van der Waals surface area contributed by atoms with Crippen LogP contribution in [0.3, 0.4) is 0 Å². The summed E-state index contributed by atoms with van der Waals surface area (Å²) in [6, 6.07) is 16.3. The molecular formula is C35H46N2O6S2. The second-order valence-corrected chi connectivity index (χ2v) is 12.7. The van der Waals surface area contributed by atoms with Crippen LogP contribution < -0.4 is 0 Å². The fourth-order valence-electron chi connectivity index (χ4n) is 4.26. The van der Waals surface area contributed by atoms with Crippen molar-refractivity contribution < 1.29 is 28.7 Å². The molecule has 8 nitrogen and oxygen atoms in total. The van der Waals surface area contributed by atoms with E-state index in [1.807, 2.05) is 38.1 Å². The van der Waals surface area contributed by atoms with Crippen LogP contribution in [0.1, 0.15) is 70.2 Å². The van der Waals surface area contributed by atoms with Gasteiger partial charge < -0.3 is 9.47 Å². The van der Waals surface area contributed by atoms with Crippen LogP contribution in [0.2, 0.25) is 0 Å². The Hall–Kier alpha value is -3.50. The number of carbonyl (C=O) groups excluding carboxylic acids is 4. The van der Waals surface area contributed by atoms with Crippen molar-refractivity contribution in [2.75, 3.05) is 13.5 Å². The topological polar surface area (TPSA) is 93.2 Å². The number of rotatable bonds is 14. The van der Waals surface area contributed by atoms with Gasteiger partial charge in [0.05, 0.1) is 22.0 Å². The first-order valence-corrected chi connectivity index (χ1v) is 16.7. The lowest BCUT2D eigenvalue weighted by Gasteiger charge is -2.15. The number of allylic oxidation sites excluding steroid dienone is 2. The molecule has 2 saturated heterocycles. The molecule has 0 saturated carbocycles. The maximum absolute atomic E-state index is 12.3. The van der Waals surface area contributed by atoms with E-state index in [0.717, 1.165) is 57.3 Å². The van der Waals surface area contributed by atoms with Crippen LogP contribution in [0.5, 0.6) is 0 Å². The lowest BCUT2D eigenvalue weighted by molar-refractivity contribution is -0.130. The molecule has 4 rings (SSSR count). The Morgan fingerprint density at radius 1 is 0.622 bits per heavy atom. The highest BCUT2D eigenvalue weighted by Crippen LogP contribution is 2.31. The molecule has 2 aromatic carbocycles. The van der Waals surface area contributed by atoms with Gasteiger partial charge in [-0.15, -0.1) is 0 Å². The van der Waals surface area contributed by atoms with Crippen molar-refractivity contribution >= 4 is 45.8 Å². The molecule has 244 valence electrons. The van der Waals surface area contributed by atoms with Crippen LogP contribution >= 0.6 is 23.5 Å². The molecule has 0 aromatic heterocycles. The second kappa shape index (κ2) is 18.5. The highest BCUT2D eigenvalue weighted by Gasteiger charge is 2.40. The van der Waals surface area contributed by atoms with Gasteiger partial charge in [0.25, 0.3) is 10.5 Å². The first kappa shape index (κ1) is 37.7. The Kier molecular flexibility index (Phi) is 15.5. The average Bonchev–Trinajstić information content (AvgIpc) is 3.46. The molecule has 2 atom stereocenters. The standard InChI is InChI=1S/2C17H21NO3S.CH4/c2*1-4-12(3)21-11-18-16(19)15(22-17(18)20)10-14-8-6-13(5-2)7-9-14;/h2*6-9,15H,3-5,10-11H2,1-2H3;1H4. The van der Waals surface area contributed by atoms with Crippen LogP contribution in [0, 0.1) is 0 Å². The third-order valence-electron chi connectivity index (χ3n) is 7.30. The number of hydrogen-bond donors (Lipinski definition) is 0. The molecule has 2 aliphatic heterocycles. The minimum atomic E-state index is -0.363. The van der Waals surface area contributed by atoms with Gasteiger partial charge in [0.2, 0.25) is 11.8 Å². The number of hydrogen-bond acceptors (Lipinski definition) is 8. The zero-order valence-corrected chi connectivity index (χ0v) is 27.6. The van der Waals surface area contributed by atoms with E-state index < -0.39 is 0 Å². The van der Waals surface area contributed by atoms with Crippen molar-refractivity contribution in [2.24, 2.45) is 0 Å². The van der Waals surface area contributed by atoms with Gasteiger partial charge in [-0.05, 0) is 47.9 Å². The Balaban J connectivity index is 0.000000307. The normalized spacial score (nSPS) is 17.5. The van der Waals surface area contributed by atoms with E-state index in [0.29, 0.717) is 37.2 Å². The van der Waals surface area contributed by atoms with E-state index in [9.17, 15) is 19.2 Å². The number of amides is 4. The molecule has 0 bridgehead atoms. The lowest BCUT2D eigenvalue weighted by atomic mass is 10.1. The van der Waals surface area contributed by atoms with Gasteiger partial charge in [-0.25, -0.2) is 9.80 Å². The summed E-state index contributed by atoms with van der Waals surface area (Å²) in [5.74, 6) is 0.783. The molecule has 2 aliphatic rings. The number of aryl methyl sites for hydroxylation is 2. The number of thioether (sulfide) groups is 2. The first-order valence-electron chi connectivity index (χ1n) is 14.9. The Bertz CT molecular complexity index is 1240. The van der Waals surface area contributed by atoms with Gasteiger partial charge in [0, 0.05) is 12.8 Å². The van der Waals surface area contributed by atoms with E-state index in [2.05, 4.69) is 51.3 Å². The maximum Gasteiger partial charge on any atom is 0.291 e. The van der Waals surface area contributed by atoms with E-state index in [1.165, 1.54) is 11.1 Å². The zero-order valence-electron chi connectivity index (χ0n) is 26.0. The van der Waals surface area contributed by atoms with E-state index in [4.69, 9.17) is 9.47 Å². The minimum absolute atomic E-state index is 0. The van der Waals surface area contributed by atoms with Crippen LogP contribution in [-0.2, 0) is 44.7 Å². The molecule has 2 fully saturated rings. The number of benzene rings is 2. The summed E-state index contributed by atoms with van der Waals surface area (Å²) in [5, 5.41) is -1.22. The Labute approximate surface area is 276 Å². The van der Waals surface area contributed by atoms with E-state index in [1.54, 1.807) is 0 Å². The number of ether oxygens (including phenoxy) is 2. The Morgan fingerprint density at radius 3 is 1.22 bits per heavy atom. The average molecular weight is 655 g/mol. The van der Waals surface area contributed by atoms with Crippen LogP contribution in [0.4, 0.5) is 9.59 Å². The largest absolute Gasteiger partial charge is 0.478 e. The number of nitrogens with zero attached hydrogens (tertiary/aromatic N) is 2. The summed E-state index contributed by atoms with van der Waals surface area (Å²) >= 11 is 2.15. The van der Waals surface area contributed by atoms with E-state index >= 15 is 0 Å².